The number of aromatic nitrogens is 1. The van der Waals surface area contributed by atoms with Gasteiger partial charge in [0.2, 0.25) is 0 Å². The number of halogens is 4. The van der Waals surface area contributed by atoms with E-state index in [1.54, 1.807) is 21.9 Å². The Labute approximate surface area is 233 Å². The van der Waals surface area contributed by atoms with Crippen molar-refractivity contribution in [2.45, 2.75) is 43.5 Å². The summed E-state index contributed by atoms with van der Waals surface area (Å²) in [6, 6.07) is 6.65. The van der Waals surface area contributed by atoms with Crippen LogP contribution in [-0.2, 0) is 19.3 Å². The van der Waals surface area contributed by atoms with Gasteiger partial charge in [0.25, 0.3) is 5.91 Å². The van der Waals surface area contributed by atoms with Crippen molar-refractivity contribution in [3.8, 4) is 6.07 Å². The number of carbonyl (C=O) groups is 1. The van der Waals surface area contributed by atoms with Gasteiger partial charge in [0, 0.05) is 26.2 Å². The van der Waals surface area contributed by atoms with E-state index in [0.29, 0.717) is 23.8 Å². The van der Waals surface area contributed by atoms with E-state index in [4.69, 9.17) is 0 Å². The standard InChI is InChI=1S/C24H29F4N5O5S2/c1-2-40(35,36)18-5-3-16(4-6-18)19(7-8-29)31-21(34)20-13-30-24(39-20)33-10-9-32(11-12-37-22(25)26)14-17(33)15-38-23(27)28/h3-6,13,17,19,22-23H,2,7,9-12,14-15H2,1H3,(H,31,34)/t17?,19-/m0/s1. The van der Waals surface area contributed by atoms with E-state index >= 15 is 0 Å². The van der Waals surface area contributed by atoms with E-state index in [-0.39, 0.29) is 48.2 Å². The molecule has 1 aromatic carbocycles. The molecule has 2 aromatic rings. The maximum absolute atomic E-state index is 13.0. The zero-order valence-corrected chi connectivity index (χ0v) is 23.1. The van der Waals surface area contributed by atoms with Gasteiger partial charge in [0.1, 0.15) is 4.88 Å². The minimum absolute atomic E-state index is 0.0598. The summed E-state index contributed by atoms with van der Waals surface area (Å²) >= 11 is 1.03. The number of ether oxygens (including phenoxy) is 2. The maximum Gasteiger partial charge on any atom is 0.345 e. The number of alkyl halides is 4. The van der Waals surface area contributed by atoms with Crippen molar-refractivity contribution in [2.24, 2.45) is 0 Å². The first-order chi connectivity index (χ1) is 19.0. The number of nitrogens with zero attached hydrogens (tertiary/aromatic N) is 4. The van der Waals surface area contributed by atoms with E-state index < -0.39 is 41.1 Å². The molecule has 2 atom stereocenters. The van der Waals surface area contributed by atoms with Crippen LogP contribution in [0.25, 0.3) is 0 Å². The number of carbonyl (C=O) groups excluding carboxylic acids is 1. The van der Waals surface area contributed by atoms with E-state index in [2.05, 4.69) is 19.8 Å². The molecule has 1 aliphatic heterocycles. The van der Waals surface area contributed by atoms with Crippen LogP contribution in [0.15, 0.2) is 35.4 Å². The Kier molecular flexibility index (Phi) is 11.6. The lowest BCUT2D eigenvalue weighted by Gasteiger charge is -2.41. The van der Waals surface area contributed by atoms with Crippen molar-refractivity contribution in [1.29, 1.82) is 5.26 Å². The molecular weight excluding hydrogens is 578 g/mol. The van der Waals surface area contributed by atoms with Crippen molar-refractivity contribution < 1.29 is 40.2 Å². The molecule has 0 spiro atoms. The second kappa shape index (κ2) is 14.7. The molecule has 2 heterocycles. The van der Waals surface area contributed by atoms with Crippen LogP contribution in [0.2, 0.25) is 0 Å². The second-order valence-electron chi connectivity index (χ2n) is 8.74. The van der Waals surface area contributed by atoms with Crippen LogP contribution in [0.5, 0.6) is 0 Å². The highest BCUT2D eigenvalue weighted by atomic mass is 32.2. The first-order valence-electron chi connectivity index (χ1n) is 12.3. The van der Waals surface area contributed by atoms with Gasteiger partial charge in [-0.3, -0.25) is 9.69 Å². The summed E-state index contributed by atoms with van der Waals surface area (Å²) in [4.78, 5) is 21.2. The van der Waals surface area contributed by atoms with Gasteiger partial charge >= 0.3 is 13.2 Å². The molecule has 0 bridgehead atoms. The summed E-state index contributed by atoms with van der Waals surface area (Å²) in [6.07, 6.45) is 1.27. The molecule has 1 N–H and O–H groups in total. The third-order valence-electron chi connectivity index (χ3n) is 6.22. The molecule has 1 amide bonds. The highest BCUT2D eigenvalue weighted by Gasteiger charge is 2.31. The smallest absolute Gasteiger partial charge is 0.343 e. The van der Waals surface area contributed by atoms with Crippen molar-refractivity contribution in [3.05, 3.63) is 40.9 Å². The average Bonchev–Trinajstić information content (AvgIpc) is 3.42. The van der Waals surface area contributed by atoms with Crippen LogP contribution in [0.1, 0.15) is 34.6 Å². The highest BCUT2D eigenvalue weighted by molar-refractivity contribution is 7.91. The Balaban J connectivity index is 1.70. The molecular formula is C24H29F4N5O5S2. The molecule has 1 aliphatic rings. The monoisotopic (exact) mass is 607 g/mol. The molecule has 1 saturated heterocycles. The normalized spacial score (nSPS) is 17.2. The molecule has 16 heteroatoms. The summed E-state index contributed by atoms with van der Waals surface area (Å²) in [5.74, 6) is -0.576. The van der Waals surface area contributed by atoms with Crippen LogP contribution in [0.4, 0.5) is 22.7 Å². The number of rotatable bonds is 14. The molecule has 0 saturated carbocycles. The third kappa shape index (κ3) is 8.83. The van der Waals surface area contributed by atoms with Crippen LogP contribution >= 0.6 is 11.3 Å². The number of piperazine rings is 1. The van der Waals surface area contributed by atoms with Crippen molar-refractivity contribution in [3.63, 3.8) is 0 Å². The SMILES string of the molecule is CCS(=O)(=O)c1ccc([C@H](CC#N)NC(=O)c2cnc(N3CCN(CCOC(F)F)CC3COC(F)F)s2)cc1. The van der Waals surface area contributed by atoms with Gasteiger partial charge in [0.15, 0.2) is 15.0 Å². The number of sulfone groups is 1. The lowest BCUT2D eigenvalue weighted by molar-refractivity contribution is -0.139. The minimum atomic E-state index is -3.41. The number of hydrogen-bond donors (Lipinski definition) is 1. The predicted molar refractivity (Wildman–Crippen MR) is 138 cm³/mol. The average molecular weight is 608 g/mol. The maximum atomic E-state index is 13.0. The molecule has 1 aromatic heterocycles. The fourth-order valence-corrected chi connectivity index (χ4v) is 5.92. The van der Waals surface area contributed by atoms with Gasteiger partial charge in [-0.25, -0.2) is 13.4 Å². The van der Waals surface area contributed by atoms with Gasteiger partial charge in [-0.2, -0.15) is 22.8 Å². The van der Waals surface area contributed by atoms with Gasteiger partial charge in [-0.15, -0.1) is 0 Å². The number of nitriles is 1. The van der Waals surface area contributed by atoms with Crippen LogP contribution < -0.4 is 10.2 Å². The Morgan fingerprint density at radius 3 is 2.52 bits per heavy atom. The Bertz CT molecular complexity index is 1260. The first-order valence-corrected chi connectivity index (χ1v) is 14.8. The fourth-order valence-electron chi connectivity index (χ4n) is 4.12. The Hall–Kier alpha value is -2.84. The zero-order valence-electron chi connectivity index (χ0n) is 21.5. The minimum Gasteiger partial charge on any atom is -0.343 e. The number of nitrogens with one attached hydrogen (secondary N) is 1. The summed E-state index contributed by atoms with van der Waals surface area (Å²) in [5.41, 5.74) is 0.547. The molecule has 220 valence electrons. The van der Waals surface area contributed by atoms with Crippen LogP contribution in [0.3, 0.4) is 0 Å². The number of benzene rings is 1. The van der Waals surface area contributed by atoms with Crippen molar-refractivity contribution in [1.82, 2.24) is 15.2 Å². The number of hydrogen-bond acceptors (Lipinski definition) is 10. The van der Waals surface area contributed by atoms with Crippen LogP contribution in [0, 0.1) is 11.3 Å². The van der Waals surface area contributed by atoms with Gasteiger partial charge in [-0.1, -0.05) is 30.4 Å². The third-order valence-corrected chi connectivity index (χ3v) is 9.00. The van der Waals surface area contributed by atoms with Gasteiger partial charge in [0.05, 0.1) is 54.6 Å². The first kappa shape index (κ1) is 31.7. The Morgan fingerprint density at radius 1 is 1.20 bits per heavy atom. The number of amides is 1. The van der Waals surface area contributed by atoms with E-state index in [9.17, 15) is 36.0 Å². The topological polar surface area (TPSA) is 125 Å². The molecule has 10 nitrogen and oxygen atoms in total. The fraction of sp³-hybridized carbons (Fsp3) is 0.542. The summed E-state index contributed by atoms with van der Waals surface area (Å²) in [5, 5.41) is 12.4. The highest BCUT2D eigenvalue weighted by Crippen LogP contribution is 2.28. The molecule has 0 radical (unpaired) electrons. The molecule has 0 aliphatic carbocycles. The van der Waals surface area contributed by atoms with E-state index in [1.807, 2.05) is 6.07 Å². The van der Waals surface area contributed by atoms with Crippen LogP contribution in [-0.4, -0.2) is 88.6 Å². The largest absolute Gasteiger partial charge is 0.345 e. The quantitative estimate of drug-likeness (QED) is 0.322. The molecule has 1 fully saturated rings. The van der Waals surface area contributed by atoms with Crippen molar-refractivity contribution >= 4 is 32.2 Å². The lowest BCUT2D eigenvalue weighted by atomic mass is 10.0. The zero-order chi connectivity index (χ0) is 29.3. The van der Waals surface area contributed by atoms with Gasteiger partial charge < -0.3 is 19.7 Å². The Morgan fingerprint density at radius 2 is 1.90 bits per heavy atom. The summed E-state index contributed by atoms with van der Waals surface area (Å²) in [6.45, 7) is -3.77. The molecule has 1 unspecified atom stereocenters. The van der Waals surface area contributed by atoms with Crippen molar-refractivity contribution in [2.75, 3.05) is 50.0 Å². The summed E-state index contributed by atoms with van der Waals surface area (Å²) < 4.78 is 83.1. The van der Waals surface area contributed by atoms with Gasteiger partial charge in [-0.05, 0) is 17.7 Å². The van der Waals surface area contributed by atoms with E-state index in [0.717, 1.165) is 11.3 Å². The number of anilines is 1. The summed E-state index contributed by atoms with van der Waals surface area (Å²) in [7, 11) is -3.41. The lowest BCUT2D eigenvalue weighted by Crippen LogP contribution is -2.55. The second-order valence-corrected chi connectivity index (χ2v) is 12.0. The van der Waals surface area contributed by atoms with E-state index in [1.165, 1.54) is 25.3 Å². The molecule has 3 rings (SSSR count). The number of thiazole rings is 1. The molecule has 40 heavy (non-hydrogen) atoms. The predicted octanol–water partition coefficient (Wildman–Crippen LogP) is 3.29.